The van der Waals surface area contributed by atoms with Crippen molar-refractivity contribution in [2.24, 2.45) is 0 Å². The summed E-state index contributed by atoms with van der Waals surface area (Å²) in [6.07, 6.45) is 1.58. The van der Waals surface area contributed by atoms with Gasteiger partial charge in [-0.1, -0.05) is 23.7 Å². The molecule has 1 heterocycles. The van der Waals surface area contributed by atoms with Gasteiger partial charge in [-0.25, -0.2) is 4.98 Å². The SMILES string of the molecule is COc1ncccc1C(=O)c1ccc(C)c(Cl)c1. The first kappa shape index (κ1) is 12.6. The maximum atomic E-state index is 12.3. The molecular formula is C14H12ClNO2. The number of aromatic nitrogens is 1. The molecule has 0 aliphatic carbocycles. The summed E-state index contributed by atoms with van der Waals surface area (Å²) in [6.45, 7) is 1.89. The van der Waals surface area contributed by atoms with Crippen LogP contribution in [0, 0.1) is 6.92 Å². The summed E-state index contributed by atoms with van der Waals surface area (Å²) in [6, 6.07) is 8.60. The summed E-state index contributed by atoms with van der Waals surface area (Å²) >= 11 is 6.02. The molecule has 92 valence electrons. The molecule has 0 aliphatic rings. The Balaban J connectivity index is 2.44. The molecule has 0 fully saturated rings. The number of aryl methyl sites for hydroxylation is 1. The number of carbonyl (C=O) groups is 1. The van der Waals surface area contributed by atoms with Gasteiger partial charge in [-0.15, -0.1) is 0 Å². The van der Waals surface area contributed by atoms with Crippen LogP contribution in [0.4, 0.5) is 0 Å². The standard InChI is InChI=1S/C14H12ClNO2/c1-9-5-6-10(8-12(9)15)13(17)11-4-3-7-16-14(11)18-2/h3-8H,1-2H3. The number of halogens is 1. The van der Waals surface area contributed by atoms with E-state index in [4.69, 9.17) is 16.3 Å². The Morgan fingerprint density at radius 3 is 2.78 bits per heavy atom. The van der Waals surface area contributed by atoms with Crippen LogP contribution in [0.5, 0.6) is 5.88 Å². The normalized spacial score (nSPS) is 10.2. The summed E-state index contributed by atoms with van der Waals surface area (Å²) in [5.41, 5.74) is 1.89. The van der Waals surface area contributed by atoms with E-state index in [9.17, 15) is 4.79 Å². The van der Waals surface area contributed by atoms with E-state index in [1.807, 2.05) is 13.0 Å². The van der Waals surface area contributed by atoms with Gasteiger partial charge in [0.15, 0.2) is 5.78 Å². The van der Waals surface area contributed by atoms with Crippen molar-refractivity contribution in [2.75, 3.05) is 7.11 Å². The number of benzene rings is 1. The number of hydrogen-bond donors (Lipinski definition) is 0. The van der Waals surface area contributed by atoms with E-state index in [-0.39, 0.29) is 5.78 Å². The molecule has 3 nitrogen and oxygen atoms in total. The van der Waals surface area contributed by atoms with Gasteiger partial charge in [0, 0.05) is 16.8 Å². The molecule has 0 unspecified atom stereocenters. The van der Waals surface area contributed by atoms with E-state index in [1.165, 1.54) is 7.11 Å². The second kappa shape index (κ2) is 5.19. The van der Waals surface area contributed by atoms with E-state index in [0.29, 0.717) is 22.0 Å². The third-order valence-electron chi connectivity index (χ3n) is 2.64. The lowest BCUT2D eigenvalue weighted by atomic mass is 10.0. The molecule has 0 saturated carbocycles. The quantitative estimate of drug-likeness (QED) is 0.796. The Morgan fingerprint density at radius 2 is 2.11 bits per heavy atom. The zero-order valence-electron chi connectivity index (χ0n) is 10.1. The number of hydrogen-bond acceptors (Lipinski definition) is 3. The van der Waals surface area contributed by atoms with Crippen molar-refractivity contribution in [3.8, 4) is 5.88 Å². The monoisotopic (exact) mass is 261 g/mol. The van der Waals surface area contributed by atoms with Crippen LogP contribution in [-0.4, -0.2) is 17.9 Å². The highest BCUT2D eigenvalue weighted by Gasteiger charge is 2.15. The molecule has 0 bridgehead atoms. The third-order valence-corrected chi connectivity index (χ3v) is 3.05. The maximum absolute atomic E-state index is 12.3. The average Bonchev–Trinajstić information content (AvgIpc) is 2.41. The lowest BCUT2D eigenvalue weighted by Gasteiger charge is -2.07. The minimum absolute atomic E-state index is 0.151. The first-order valence-corrected chi connectivity index (χ1v) is 5.81. The van der Waals surface area contributed by atoms with Crippen LogP contribution in [0.3, 0.4) is 0 Å². The smallest absolute Gasteiger partial charge is 0.224 e. The number of ether oxygens (including phenoxy) is 1. The second-order valence-electron chi connectivity index (χ2n) is 3.85. The van der Waals surface area contributed by atoms with E-state index in [1.54, 1.807) is 30.5 Å². The zero-order chi connectivity index (χ0) is 13.1. The van der Waals surface area contributed by atoms with Gasteiger partial charge in [-0.05, 0) is 30.7 Å². The number of methoxy groups -OCH3 is 1. The fraction of sp³-hybridized carbons (Fsp3) is 0.143. The van der Waals surface area contributed by atoms with E-state index >= 15 is 0 Å². The van der Waals surface area contributed by atoms with Crippen LogP contribution < -0.4 is 4.74 Å². The molecule has 0 saturated heterocycles. The summed E-state index contributed by atoms with van der Waals surface area (Å²) in [5, 5.41) is 0.573. The molecule has 1 aromatic carbocycles. The lowest BCUT2D eigenvalue weighted by molar-refractivity contribution is 0.103. The van der Waals surface area contributed by atoms with Crippen LogP contribution in [0.25, 0.3) is 0 Å². The molecule has 0 N–H and O–H groups in total. The van der Waals surface area contributed by atoms with Gasteiger partial charge in [-0.2, -0.15) is 0 Å². The molecule has 0 spiro atoms. The Morgan fingerprint density at radius 1 is 1.33 bits per heavy atom. The summed E-state index contributed by atoms with van der Waals surface area (Å²) in [5.74, 6) is 0.168. The Kier molecular flexibility index (Phi) is 3.63. The predicted octanol–water partition coefficient (Wildman–Crippen LogP) is 3.28. The van der Waals surface area contributed by atoms with Gasteiger partial charge in [0.25, 0.3) is 0 Å². The molecule has 0 atom stereocenters. The van der Waals surface area contributed by atoms with Gasteiger partial charge in [0.2, 0.25) is 5.88 Å². The minimum Gasteiger partial charge on any atom is -0.480 e. The highest BCUT2D eigenvalue weighted by molar-refractivity contribution is 6.32. The zero-order valence-corrected chi connectivity index (χ0v) is 10.9. The molecule has 18 heavy (non-hydrogen) atoms. The molecule has 0 aliphatic heterocycles. The first-order chi connectivity index (χ1) is 8.63. The van der Waals surface area contributed by atoms with Crippen LogP contribution in [0.15, 0.2) is 36.5 Å². The first-order valence-electron chi connectivity index (χ1n) is 5.43. The molecule has 4 heteroatoms. The van der Waals surface area contributed by atoms with Crippen molar-refractivity contribution < 1.29 is 9.53 Å². The van der Waals surface area contributed by atoms with Crippen molar-refractivity contribution in [1.82, 2.24) is 4.98 Å². The molecule has 2 aromatic rings. The van der Waals surface area contributed by atoms with Crippen LogP contribution in [0.1, 0.15) is 21.5 Å². The van der Waals surface area contributed by atoms with Crippen LogP contribution in [-0.2, 0) is 0 Å². The van der Waals surface area contributed by atoms with Crippen molar-refractivity contribution in [3.05, 3.63) is 58.2 Å². The van der Waals surface area contributed by atoms with Crippen LogP contribution >= 0.6 is 11.6 Å². The summed E-state index contributed by atoms with van der Waals surface area (Å²) in [7, 11) is 1.49. The molecular weight excluding hydrogens is 250 g/mol. The predicted molar refractivity (Wildman–Crippen MR) is 70.4 cm³/mol. The Labute approximate surface area is 110 Å². The van der Waals surface area contributed by atoms with Gasteiger partial charge >= 0.3 is 0 Å². The highest BCUT2D eigenvalue weighted by Crippen LogP contribution is 2.22. The minimum atomic E-state index is -0.151. The van der Waals surface area contributed by atoms with Crippen molar-refractivity contribution in [3.63, 3.8) is 0 Å². The molecule has 1 aromatic heterocycles. The van der Waals surface area contributed by atoms with Gasteiger partial charge < -0.3 is 4.74 Å². The van der Waals surface area contributed by atoms with E-state index in [0.717, 1.165) is 5.56 Å². The van der Waals surface area contributed by atoms with Crippen molar-refractivity contribution >= 4 is 17.4 Å². The highest BCUT2D eigenvalue weighted by atomic mass is 35.5. The third kappa shape index (κ3) is 2.36. The van der Waals surface area contributed by atoms with Crippen LogP contribution in [0.2, 0.25) is 5.02 Å². The van der Waals surface area contributed by atoms with E-state index < -0.39 is 0 Å². The topological polar surface area (TPSA) is 39.2 Å². The van der Waals surface area contributed by atoms with Crippen molar-refractivity contribution in [2.45, 2.75) is 6.92 Å². The van der Waals surface area contributed by atoms with E-state index in [2.05, 4.69) is 4.98 Å². The molecule has 0 radical (unpaired) electrons. The van der Waals surface area contributed by atoms with Gasteiger partial charge in [-0.3, -0.25) is 4.79 Å². The molecule has 0 amide bonds. The van der Waals surface area contributed by atoms with Crippen molar-refractivity contribution in [1.29, 1.82) is 0 Å². The largest absolute Gasteiger partial charge is 0.480 e. The van der Waals surface area contributed by atoms with Gasteiger partial charge in [0.05, 0.1) is 12.7 Å². The number of nitrogens with zero attached hydrogens (tertiary/aromatic N) is 1. The number of pyridine rings is 1. The Hall–Kier alpha value is -1.87. The number of rotatable bonds is 3. The number of carbonyl (C=O) groups excluding carboxylic acids is 1. The fourth-order valence-corrected chi connectivity index (χ4v) is 1.80. The average molecular weight is 262 g/mol. The lowest BCUT2D eigenvalue weighted by Crippen LogP contribution is -2.05. The van der Waals surface area contributed by atoms with Gasteiger partial charge in [0.1, 0.15) is 0 Å². The Bertz CT molecular complexity index is 596. The fourth-order valence-electron chi connectivity index (χ4n) is 1.62. The summed E-state index contributed by atoms with van der Waals surface area (Å²) in [4.78, 5) is 16.3. The second-order valence-corrected chi connectivity index (χ2v) is 4.26. The summed E-state index contributed by atoms with van der Waals surface area (Å²) < 4.78 is 5.08. The number of ketones is 1. The maximum Gasteiger partial charge on any atom is 0.224 e. The molecule has 2 rings (SSSR count).